The maximum absolute atomic E-state index is 6.00. The second kappa shape index (κ2) is 4.02. The summed E-state index contributed by atoms with van der Waals surface area (Å²) in [6.45, 7) is 0. The molecule has 0 radical (unpaired) electrons. The number of hydrogen-bond acceptors (Lipinski definition) is 3. The summed E-state index contributed by atoms with van der Waals surface area (Å²) in [5.41, 5.74) is 0.785. The third-order valence-corrected chi connectivity index (χ3v) is 3.26. The van der Waals surface area contributed by atoms with Gasteiger partial charge in [0.2, 0.25) is 0 Å². The molecule has 0 N–H and O–H groups in total. The lowest BCUT2D eigenvalue weighted by atomic mass is 10.2. The Kier molecular flexibility index (Phi) is 2.50. The highest BCUT2D eigenvalue weighted by Gasteiger charge is 2.26. The Labute approximate surface area is 104 Å². The van der Waals surface area contributed by atoms with Crippen molar-refractivity contribution in [3.05, 3.63) is 23.7 Å². The van der Waals surface area contributed by atoms with Crippen molar-refractivity contribution in [2.75, 3.05) is 0 Å². The molecule has 1 fully saturated rings. The van der Waals surface area contributed by atoms with Crippen LogP contribution in [-0.4, -0.2) is 20.6 Å². The van der Waals surface area contributed by atoms with Gasteiger partial charge in [-0.05, 0) is 18.9 Å². The van der Waals surface area contributed by atoms with Crippen molar-refractivity contribution < 1.29 is 4.74 Å². The van der Waals surface area contributed by atoms with E-state index in [1.165, 1.54) is 6.33 Å². The Bertz CT molecular complexity index is 601. The van der Waals surface area contributed by atoms with Crippen LogP contribution >= 0.6 is 11.6 Å². The zero-order valence-corrected chi connectivity index (χ0v) is 9.76. The van der Waals surface area contributed by atoms with E-state index in [-0.39, 0.29) is 12.3 Å². The van der Waals surface area contributed by atoms with E-state index in [0.717, 1.165) is 23.9 Å². The Morgan fingerprint density at radius 2 is 2.35 bits per heavy atom. The molecule has 1 unspecified atom stereocenters. The fraction of sp³-hybridized carbons (Fsp3) is 0.333. The van der Waals surface area contributed by atoms with Crippen LogP contribution in [0.1, 0.15) is 19.1 Å². The molecular formula is C12H10ClN3O. The fourth-order valence-electron chi connectivity index (χ4n) is 2.12. The van der Waals surface area contributed by atoms with Crippen LogP contribution < -0.4 is 0 Å². The molecule has 86 valence electrons. The molecule has 0 aromatic carbocycles. The van der Waals surface area contributed by atoms with Crippen LogP contribution in [0.5, 0.6) is 0 Å². The van der Waals surface area contributed by atoms with Gasteiger partial charge in [-0.3, -0.25) is 0 Å². The van der Waals surface area contributed by atoms with E-state index >= 15 is 0 Å². The first kappa shape index (κ1) is 10.6. The molecule has 4 nitrogen and oxygen atoms in total. The Morgan fingerprint density at radius 1 is 1.47 bits per heavy atom. The molecule has 0 aliphatic carbocycles. The molecule has 1 saturated heterocycles. The number of hydrogen-bond donors (Lipinski definition) is 0. The third kappa shape index (κ3) is 1.68. The maximum Gasteiger partial charge on any atom is 0.146 e. The zero-order valence-electron chi connectivity index (χ0n) is 9.01. The number of aromatic nitrogens is 3. The smallest absolute Gasteiger partial charge is 0.146 e. The van der Waals surface area contributed by atoms with E-state index in [1.54, 1.807) is 0 Å². The van der Waals surface area contributed by atoms with E-state index in [4.69, 9.17) is 22.8 Å². The van der Waals surface area contributed by atoms with Crippen LogP contribution in [-0.2, 0) is 4.74 Å². The van der Waals surface area contributed by atoms with Crippen LogP contribution in [0.25, 0.3) is 11.0 Å². The van der Waals surface area contributed by atoms with Crippen molar-refractivity contribution in [2.24, 2.45) is 0 Å². The molecule has 3 rings (SSSR count). The molecule has 1 aliphatic rings. The summed E-state index contributed by atoms with van der Waals surface area (Å²) < 4.78 is 7.68. The molecule has 0 bridgehead atoms. The second-order valence-electron chi connectivity index (χ2n) is 3.95. The predicted octanol–water partition coefficient (Wildman–Crippen LogP) is 2.40. The van der Waals surface area contributed by atoms with Crippen molar-refractivity contribution in [1.29, 1.82) is 0 Å². The van der Waals surface area contributed by atoms with Crippen molar-refractivity contribution in [2.45, 2.75) is 25.2 Å². The van der Waals surface area contributed by atoms with Crippen LogP contribution in [0.3, 0.4) is 0 Å². The lowest BCUT2D eigenvalue weighted by Gasteiger charge is -2.13. The number of halogens is 1. The van der Waals surface area contributed by atoms with Gasteiger partial charge >= 0.3 is 0 Å². The Hall–Kier alpha value is -1.57. The summed E-state index contributed by atoms with van der Waals surface area (Å²) in [5.74, 6) is 2.62. The average molecular weight is 248 g/mol. The van der Waals surface area contributed by atoms with Gasteiger partial charge in [-0.15, -0.1) is 6.42 Å². The predicted molar refractivity (Wildman–Crippen MR) is 64.5 cm³/mol. The van der Waals surface area contributed by atoms with Gasteiger partial charge in [-0.25, -0.2) is 9.97 Å². The summed E-state index contributed by atoms with van der Waals surface area (Å²) >= 11 is 6.00. The summed E-state index contributed by atoms with van der Waals surface area (Å²) in [6, 6.07) is 1.89. The Balaban J connectivity index is 2.02. The van der Waals surface area contributed by atoms with Crippen molar-refractivity contribution in [3.8, 4) is 12.3 Å². The number of ether oxygens (including phenoxy) is 1. The van der Waals surface area contributed by atoms with Gasteiger partial charge in [0.25, 0.3) is 0 Å². The highest BCUT2D eigenvalue weighted by molar-refractivity contribution is 6.33. The van der Waals surface area contributed by atoms with Gasteiger partial charge in [0.05, 0.1) is 5.39 Å². The molecule has 17 heavy (non-hydrogen) atoms. The molecule has 3 heterocycles. The number of fused-ring (bicyclic) bond motifs is 1. The Morgan fingerprint density at radius 3 is 3.12 bits per heavy atom. The SMILES string of the molecule is C#C[C@@H]1CCC(n2ccc3c(Cl)ncnc32)O1. The average Bonchev–Trinajstić information content (AvgIpc) is 2.94. The van der Waals surface area contributed by atoms with Gasteiger partial charge in [-0.1, -0.05) is 17.5 Å². The van der Waals surface area contributed by atoms with Crippen molar-refractivity contribution in [3.63, 3.8) is 0 Å². The summed E-state index contributed by atoms with van der Waals surface area (Å²) in [7, 11) is 0. The van der Waals surface area contributed by atoms with Gasteiger partial charge in [-0.2, -0.15) is 0 Å². The summed E-state index contributed by atoms with van der Waals surface area (Å²) in [4.78, 5) is 8.18. The molecule has 2 aromatic rings. The van der Waals surface area contributed by atoms with E-state index in [0.29, 0.717) is 5.15 Å². The highest BCUT2D eigenvalue weighted by Crippen LogP contribution is 2.31. The summed E-state index contributed by atoms with van der Waals surface area (Å²) in [6.07, 6.45) is 10.3. The lowest BCUT2D eigenvalue weighted by Crippen LogP contribution is -2.09. The minimum absolute atomic E-state index is 0.0560. The van der Waals surface area contributed by atoms with E-state index in [9.17, 15) is 0 Å². The first-order valence-electron chi connectivity index (χ1n) is 5.38. The molecule has 1 aliphatic heterocycles. The quantitative estimate of drug-likeness (QED) is 0.574. The first-order chi connectivity index (χ1) is 8.29. The number of terminal acetylenes is 1. The maximum atomic E-state index is 6.00. The van der Waals surface area contributed by atoms with E-state index < -0.39 is 0 Å². The molecule has 5 heteroatoms. The molecule has 0 spiro atoms. The fourth-order valence-corrected chi connectivity index (χ4v) is 2.31. The van der Waals surface area contributed by atoms with E-state index in [2.05, 4.69) is 15.9 Å². The van der Waals surface area contributed by atoms with Crippen molar-refractivity contribution in [1.82, 2.24) is 14.5 Å². The van der Waals surface area contributed by atoms with Crippen LogP contribution in [0, 0.1) is 12.3 Å². The third-order valence-electron chi connectivity index (χ3n) is 2.95. The minimum Gasteiger partial charge on any atom is -0.342 e. The van der Waals surface area contributed by atoms with Gasteiger partial charge in [0, 0.05) is 6.20 Å². The number of nitrogens with zero attached hydrogens (tertiary/aromatic N) is 3. The molecule has 2 aromatic heterocycles. The van der Waals surface area contributed by atoms with Gasteiger partial charge < -0.3 is 9.30 Å². The molecular weight excluding hydrogens is 238 g/mol. The topological polar surface area (TPSA) is 39.9 Å². The normalized spacial score (nSPS) is 24.0. The monoisotopic (exact) mass is 247 g/mol. The molecule has 0 amide bonds. The van der Waals surface area contributed by atoms with Crippen LogP contribution in [0.2, 0.25) is 5.15 Å². The zero-order chi connectivity index (χ0) is 11.8. The minimum atomic E-state index is -0.102. The van der Waals surface area contributed by atoms with Crippen LogP contribution in [0.4, 0.5) is 0 Å². The van der Waals surface area contributed by atoms with Crippen molar-refractivity contribution >= 4 is 22.6 Å². The lowest BCUT2D eigenvalue weighted by molar-refractivity contribution is 0.0304. The molecule has 0 saturated carbocycles. The first-order valence-corrected chi connectivity index (χ1v) is 5.76. The van der Waals surface area contributed by atoms with Crippen LogP contribution in [0.15, 0.2) is 18.6 Å². The van der Waals surface area contributed by atoms with Gasteiger partial charge in [0.15, 0.2) is 0 Å². The second-order valence-corrected chi connectivity index (χ2v) is 4.31. The van der Waals surface area contributed by atoms with E-state index in [1.807, 2.05) is 16.8 Å². The highest BCUT2D eigenvalue weighted by atomic mass is 35.5. The number of rotatable bonds is 1. The molecule has 2 atom stereocenters. The standard InChI is InChI=1S/C12H10ClN3O/c1-2-8-3-4-10(17-8)16-6-5-9-11(13)14-7-15-12(9)16/h1,5-8,10H,3-4H2/t8-,10?/m1/s1. The largest absolute Gasteiger partial charge is 0.342 e. The summed E-state index contributed by atoms with van der Waals surface area (Å²) in [5, 5.41) is 1.29. The van der Waals surface area contributed by atoms with Gasteiger partial charge in [0.1, 0.15) is 29.5 Å².